The van der Waals surface area contributed by atoms with E-state index in [2.05, 4.69) is 15.0 Å². The predicted octanol–water partition coefficient (Wildman–Crippen LogP) is 1.35. The molecule has 0 N–H and O–H groups in total. The SMILES string of the molecule is CCn1cc(S(=O)(=O)N2CC(COc3cncc(Cl)n3)C2)nc1C. The van der Waals surface area contributed by atoms with Crippen molar-refractivity contribution < 1.29 is 13.2 Å². The molecule has 2 aromatic rings. The van der Waals surface area contributed by atoms with Crippen LogP contribution in [-0.4, -0.2) is 51.9 Å². The predicted molar refractivity (Wildman–Crippen MR) is 87.4 cm³/mol. The molecule has 0 saturated carbocycles. The second-order valence-electron chi connectivity index (χ2n) is 5.59. The van der Waals surface area contributed by atoms with Crippen molar-refractivity contribution in [1.29, 1.82) is 0 Å². The molecule has 3 rings (SSSR count). The summed E-state index contributed by atoms with van der Waals surface area (Å²) in [5, 5.41) is 0.356. The highest BCUT2D eigenvalue weighted by atomic mass is 35.5. The molecule has 8 nitrogen and oxygen atoms in total. The molecule has 2 aromatic heterocycles. The Morgan fingerprint density at radius 3 is 2.71 bits per heavy atom. The maximum absolute atomic E-state index is 12.5. The van der Waals surface area contributed by atoms with Crippen LogP contribution in [0.5, 0.6) is 5.88 Å². The summed E-state index contributed by atoms with van der Waals surface area (Å²) in [6.07, 6.45) is 4.47. The second-order valence-corrected chi connectivity index (χ2v) is 7.86. The molecule has 10 heteroatoms. The number of rotatable bonds is 6. The zero-order chi connectivity index (χ0) is 17.3. The van der Waals surface area contributed by atoms with E-state index in [-0.39, 0.29) is 16.1 Å². The first-order valence-electron chi connectivity index (χ1n) is 7.54. The minimum atomic E-state index is -3.54. The topological polar surface area (TPSA) is 90.2 Å². The third-order valence-corrected chi connectivity index (χ3v) is 5.76. The van der Waals surface area contributed by atoms with Crippen molar-refractivity contribution in [2.75, 3.05) is 19.7 Å². The number of sulfonamides is 1. The van der Waals surface area contributed by atoms with E-state index < -0.39 is 10.0 Å². The molecule has 1 saturated heterocycles. The van der Waals surface area contributed by atoms with Crippen LogP contribution in [0, 0.1) is 12.8 Å². The molecular formula is C14H18ClN5O3S. The monoisotopic (exact) mass is 371 g/mol. The summed E-state index contributed by atoms with van der Waals surface area (Å²) in [5.41, 5.74) is 0. The van der Waals surface area contributed by atoms with Crippen molar-refractivity contribution >= 4 is 21.6 Å². The summed E-state index contributed by atoms with van der Waals surface area (Å²) >= 11 is 5.74. The van der Waals surface area contributed by atoms with E-state index in [0.29, 0.717) is 37.9 Å². The first-order valence-corrected chi connectivity index (χ1v) is 9.36. The van der Waals surface area contributed by atoms with Crippen LogP contribution >= 0.6 is 11.6 Å². The third kappa shape index (κ3) is 3.38. The number of hydrogen-bond acceptors (Lipinski definition) is 6. The molecule has 0 atom stereocenters. The molecule has 0 bridgehead atoms. The number of imidazole rings is 1. The Morgan fingerprint density at radius 2 is 2.08 bits per heavy atom. The van der Waals surface area contributed by atoms with Crippen LogP contribution in [0.4, 0.5) is 0 Å². The first-order chi connectivity index (χ1) is 11.4. The van der Waals surface area contributed by atoms with Gasteiger partial charge in [-0.05, 0) is 13.8 Å². The lowest BCUT2D eigenvalue weighted by molar-refractivity contribution is 0.126. The zero-order valence-electron chi connectivity index (χ0n) is 13.4. The van der Waals surface area contributed by atoms with E-state index >= 15 is 0 Å². The molecule has 0 spiro atoms. The fourth-order valence-corrected chi connectivity index (χ4v) is 4.20. The summed E-state index contributed by atoms with van der Waals surface area (Å²) in [7, 11) is -3.54. The van der Waals surface area contributed by atoms with Gasteiger partial charge in [0.05, 0.1) is 19.0 Å². The van der Waals surface area contributed by atoms with E-state index in [4.69, 9.17) is 16.3 Å². The van der Waals surface area contributed by atoms with Gasteiger partial charge < -0.3 is 9.30 Å². The Morgan fingerprint density at radius 1 is 1.33 bits per heavy atom. The lowest BCUT2D eigenvalue weighted by Crippen LogP contribution is -2.51. The molecule has 130 valence electrons. The number of aromatic nitrogens is 4. The van der Waals surface area contributed by atoms with Gasteiger partial charge in [-0.3, -0.25) is 4.98 Å². The maximum Gasteiger partial charge on any atom is 0.262 e. The number of halogens is 1. The van der Waals surface area contributed by atoms with Crippen LogP contribution in [0.15, 0.2) is 23.6 Å². The van der Waals surface area contributed by atoms with Gasteiger partial charge in [0.2, 0.25) is 5.88 Å². The van der Waals surface area contributed by atoms with Gasteiger partial charge >= 0.3 is 0 Å². The van der Waals surface area contributed by atoms with Gasteiger partial charge in [0.25, 0.3) is 10.0 Å². The molecule has 1 aliphatic heterocycles. The summed E-state index contributed by atoms with van der Waals surface area (Å²) in [6, 6.07) is 0. The summed E-state index contributed by atoms with van der Waals surface area (Å²) in [4.78, 5) is 12.0. The molecule has 1 aliphatic rings. The maximum atomic E-state index is 12.5. The lowest BCUT2D eigenvalue weighted by atomic mass is 10.1. The van der Waals surface area contributed by atoms with Gasteiger partial charge in [-0.1, -0.05) is 11.6 Å². The van der Waals surface area contributed by atoms with Gasteiger partial charge in [-0.25, -0.2) is 13.4 Å². The summed E-state index contributed by atoms with van der Waals surface area (Å²) < 4.78 is 33.8. The van der Waals surface area contributed by atoms with Crippen LogP contribution in [-0.2, 0) is 16.6 Å². The highest BCUT2D eigenvalue weighted by molar-refractivity contribution is 7.89. The molecule has 0 unspecified atom stereocenters. The lowest BCUT2D eigenvalue weighted by Gasteiger charge is -2.37. The average Bonchev–Trinajstić information content (AvgIpc) is 2.87. The quantitative estimate of drug-likeness (QED) is 0.761. The molecule has 0 aliphatic carbocycles. The molecule has 3 heterocycles. The van der Waals surface area contributed by atoms with Crippen molar-refractivity contribution in [2.45, 2.75) is 25.4 Å². The number of hydrogen-bond donors (Lipinski definition) is 0. The van der Waals surface area contributed by atoms with E-state index in [0.717, 1.165) is 0 Å². The Kier molecular flexibility index (Phi) is 4.75. The van der Waals surface area contributed by atoms with Crippen LogP contribution < -0.4 is 4.74 Å². The minimum absolute atomic E-state index is 0.0990. The zero-order valence-corrected chi connectivity index (χ0v) is 15.0. The Labute approximate surface area is 145 Å². The van der Waals surface area contributed by atoms with Crippen molar-refractivity contribution in [3.8, 4) is 5.88 Å². The van der Waals surface area contributed by atoms with Crippen molar-refractivity contribution in [2.24, 2.45) is 5.92 Å². The Bertz CT molecular complexity index is 833. The minimum Gasteiger partial charge on any atom is -0.476 e. The summed E-state index contributed by atoms with van der Waals surface area (Å²) in [5.74, 6) is 1.13. The van der Waals surface area contributed by atoms with Crippen LogP contribution in [0.25, 0.3) is 0 Å². The van der Waals surface area contributed by atoms with Gasteiger partial charge in [-0.15, -0.1) is 0 Å². The largest absolute Gasteiger partial charge is 0.476 e. The average molecular weight is 372 g/mol. The molecule has 0 aromatic carbocycles. The number of ether oxygens (including phenoxy) is 1. The molecule has 0 amide bonds. The highest BCUT2D eigenvalue weighted by Crippen LogP contribution is 2.25. The Balaban J connectivity index is 1.57. The second kappa shape index (κ2) is 6.66. The molecular weight excluding hydrogens is 354 g/mol. The highest BCUT2D eigenvalue weighted by Gasteiger charge is 2.38. The Hall–Kier alpha value is -1.71. The van der Waals surface area contributed by atoms with E-state index in [1.54, 1.807) is 13.1 Å². The normalized spacial score (nSPS) is 16.1. The van der Waals surface area contributed by atoms with Crippen LogP contribution in [0.3, 0.4) is 0 Å². The fraction of sp³-hybridized carbons (Fsp3) is 0.500. The van der Waals surface area contributed by atoms with Gasteiger partial charge in [-0.2, -0.15) is 9.29 Å². The van der Waals surface area contributed by atoms with Crippen molar-refractivity contribution in [1.82, 2.24) is 23.8 Å². The smallest absolute Gasteiger partial charge is 0.262 e. The van der Waals surface area contributed by atoms with Gasteiger partial charge in [0, 0.05) is 31.7 Å². The third-order valence-electron chi connectivity index (χ3n) is 3.87. The molecule has 0 radical (unpaired) electrons. The number of nitrogens with zero attached hydrogens (tertiary/aromatic N) is 5. The standard InChI is InChI=1S/C14H18ClN5O3S/c1-3-19-8-14(17-10(19)2)24(21,22)20-6-11(7-20)9-23-13-5-16-4-12(15)18-13/h4-5,8,11H,3,6-7,9H2,1-2H3. The first kappa shape index (κ1) is 17.1. The van der Waals surface area contributed by atoms with Crippen molar-refractivity contribution in [3.63, 3.8) is 0 Å². The summed E-state index contributed by atoms with van der Waals surface area (Å²) in [6.45, 7) is 5.58. The van der Waals surface area contributed by atoms with Crippen LogP contribution in [0.2, 0.25) is 5.15 Å². The molecule has 24 heavy (non-hydrogen) atoms. The van der Waals surface area contributed by atoms with Crippen LogP contribution in [0.1, 0.15) is 12.7 Å². The van der Waals surface area contributed by atoms with E-state index in [1.165, 1.54) is 16.7 Å². The van der Waals surface area contributed by atoms with Gasteiger partial charge in [0.15, 0.2) is 10.2 Å². The molecule has 1 fully saturated rings. The fourth-order valence-electron chi connectivity index (χ4n) is 2.48. The van der Waals surface area contributed by atoms with E-state index in [9.17, 15) is 8.42 Å². The van der Waals surface area contributed by atoms with Gasteiger partial charge in [0.1, 0.15) is 5.82 Å². The van der Waals surface area contributed by atoms with Crippen molar-refractivity contribution in [3.05, 3.63) is 29.6 Å². The number of aryl methyl sites for hydroxylation is 2. The van der Waals surface area contributed by atoms with E-state index in [1.807, 2.05) is 11.5 Å².